The fraction of sp³-hybridized carbons (Fsp3) is 0.273. The van der Waals surface area contributed by atoms with Crippen LogP contribution in [0, 0.1) is 13.8 Å². The van der Waals surface area contributed by atoms with Crippen molar-refractivity contribution in [3.8, 4) is 17.1 Å². The van der Waals surface area contributed by atoms with Crippen molar-refractivity contribution in [2.45, 2.75) is 38.1 Å². The van der Waals surface area contributed by atoms with E-state index in [9.17, 15) is 9.59 Å². The maximum Gasteiger partial charge on any atom is 0.321 e. The molecular weight excluding hydrogens is 398 g/mol. The second kappa shape index (κ2) is 9.58. The molecule has 30 heavy (non-hydrogen) atoms. The van der Waals surface area contributed by atoms with Gasteiger partial charge in [-0.25, -0.2) is 4.79 Å². The maximum atomic E-state index is 12.4. The van der Waals surface area contributed by atoms with E-state index in [1.807, 2.05) is 66.9 Å². The van der Waals surface area contributed by atoms with Crippen molar-refractivity contribution in [1.82, 2.24) is 25.4 Å². The Balaban J connectivity index is 1.95. The molecule has 0 radical (unpaired) electrons. The van der Waals surface area contributed by atoms with Crippen LogP contribution in [-0.2, 0) is 4.79 Å². The number of aromatic nitrogens is 3. The fourth-order valence-electron chi connectivity index (χ4n) is 2.87. The summed E-state index contributed by atoms with van der Waals surface area (Å²) in [6.07, 6.45) is 0. The number of imide groups is 1. The highest BCUT2D eigenvalue weighted by atomic mass is 32.2. The molecule has 7 nitrogen and oxygen atoms in total. The number of hydrogen-bond donors (Lipinski definition) is 2. The van der Waals surface area contributed by atoms with Gasteiger partial charge < -0.3 is 5.32 Å². The lowest BCUT2D eigenvalue weighted by atomic mass is 10.1. The van der Waals surface area contributed by atoms with Gasteiger partial charge in [0.2, 0.25) is 5.91 Å². The first-order valence-electron chi connectivity index (χ1n) is 9.74. The Morgan fingerprint density at radius 1 is 1.07 bits per heavy atom. The van der Waals surface area contributed by atoms with Crippen molar-refractivity contribution in [2.24, 2.45) is 0 Å². The van der Waals surface area contributed by atoms with E-state index >= 15 is 0 Å². The van der Waals surface area contributed by atoms with Gasteiger partial charge in [-0.15, -0.1) is 10.2 Å². The number of nitrogens with zero attached hydrogens (tertiary/aromatic N) is 3. The van der Waals surface area contributed by atoms with Gasteiger partial charge in [0.1, 0.15) is 0 Å². The first-order valence-corrected chi connectivity index (χ1v) is 10.6. The first-order chi connectivity index (χ1) is 14.4. The molecule has 156 valence electrons. The summed E-state index contributed by atoms with van der Waals surface area (Å²) in [6.45, 7) is 8.03. The minimum absolute atomic E-state index is 0.387. The molecule has 0 aliphatic carbocycles. The third-order valence-corrected chi connectivity index (χ3v) is 5.47. The lowest BCUT2D eigenvalue weighted by molar-refractivity contribution is -0.119. The molecule has 0 aliphatic rings. The van der Waals surface area contributed by atoms with E-state index in [2.05, 4.69) is 20.8 Å². The number of carbonyl (C=O) groups excluding carboxylic acids is 2. The summed E-state index contributed by atoms with van der Waals surface area (Å²) in [4.78, 5) is 24.1. The van der Waals surface area contributed by atoms with Gasteiger partial charge in [0, 0.05) is 17.8 Å². The molecule has 0 spiro atoms. The highest BCUT2D eigenvalue weighted by Gasteiger charge is 2.23. The number of hydrogen-bond acceptors (Lipinski definition) is 5. The maximum absolute atomic E-state index is 12.4. The van der Waals surface area contributed by atoms with Crippen molar-refractivity contribution < 1.29 is 9.59 Å². The van der Waals surface area contributed by atoms with Crippen molar-refractivity contribution in [2.75, 3.05) is 6.54 Å². The standard InChI is InChI=1S/C22H25N5O2S/c1-5-23-21(29)24-20(28)16(4)30-22-26-25-19(17-8-6-7-15(3)13-17)27(22)18-11-9-14(2)10-12-18/h6-13,16H,5H2,1-4H3,(H2,23,24,28,29). The molecule has 3 rings (SSSR count). The number of carbonyl (C=O) groups is 2. The van der Waals surface area contributed by atoms with Crippen LogP contribution in [0.2, 0.25) is 0 Å². The molecule has 1 heterocycles. The van der Waals surface area contributed by atoms with Crippen LogP contribution < -0.4 is 10.6 Å². The monoisotopic (exact) mass is 423 g/mol. The second-order valence-corrected chi connectivity index (χ2v) is 8.26. The minimum Gasteiger partial charge on any atom is -0.338 e. The Morgan fingerprint density at radius 2 is 1.80 bits per heavy atom. The van der Waals surface area contributed by atoms with E-state index in [-0.39, 0.29) is 5.91 Å². The van der Waals surface area contributed by atoms with Crippen LogP contribution in [0.3, 0.4) is 0 Å². The SMILES string of the molecule is CCNC(=O)NC(=O)C(C)Sc1nnc(-c2cccc(C)c2)n1-c1ccc(C)cc1. The van der Waals surface area contributed by atoms with Crippen LogP contribution in [-0.4, -0.2) is 38.5 Å². The van der Waals surface area contributed by atoms with Crippen LogP contribution in [0.25, 0.3) is 17.1 Å². The van der Waals surface area contributed by atoms with E-state index < -0.39 is 11.3 Å². The fourth-order valence-corrected chi connectivity index (χ4v) is 3.74. The Bertz CT molecular complexity index is 1050. The van der Waals surface area contributed by atoms with Gasteiger partial charge in [0.15, 0.2) is 11.0 Å². The molecule has 1 aromatic heterocycles. The number of rotatable bonds is 6. The number of urea groups is 1. The predicted octanol–water partition coefficient (Wildman–Crippen LogP) is 3.88. The summed E-state index contributed by atoms with van der Waals surface area (Å²) in [5, 5.41) is 13.7. The summed E-state index contributed by atoms with van der Waals surface area (Å²) in [6, 6.07) is 15.6. The summed E-state index contributed by atoms with van der Waals surface area (Å²) in [5.41, 5.74) is 4.11. The molecule has 8 heteroatoms. The molecule has 2 N–H and O–H groups in total. The lowest BCUT2D eigenvalue weighted by Gasteiger charge is -2.14. The van der Waals surface area contributed by atoms with E-state index in [1.165, 1.54) is 11.8 Å². The van der Waals surface area contributed by atoms with Crippen LogP contribution in [0.15, 0.2) is 53.7 Å². The number of aryl methyl sites for hydroxylation is 2. The van der Waals surface area contributed by atoms with E-state index in [1.54, 1.807) is 13.8 Å². The van der Waals surface area contributed by atoms with Crippen molar-refractivity contribution in [3.05, 3.63) is 59.7 Å². The zero-order valence-corrected chi connectivity index (χ0v) is 18.3. The Hall–Kier alpha value is -3.13. The smallest absolute Gasteiger partial charge is 0.321 e. The second-order valence-electron chi connectivity index (χ2n) is 6.96. The van der Waals surface area contributed by atoms with E-state index in [4.69, 9.17) is 0 Å². The molecule has 1 unspecified atom stereocenters. The molecule has 0 bridgehead atoms. The van der Waals surface area contributed by atoms with Gasteiger partial charge in [-0.05, 0) is 45.9 Å². The molecule has 0 saturated heterocycles. The quantitative estimate of drug-likeness (QED) is 0.588. The summed E-state index contributed by atoms with van der Waals surface area (Å²) >= 11 is 1.25. The van der Waals surface area contributed by atoms with Gasteiger partial charge in [-0.1, -0.05) is 53.2 Å². The number of thioether (sulfide) groups is 1. The van der Waals surface area contributed by atoms with E-state index in [0.717, 1.165) is 22.4 Å². The molecule has 0 fully saturated rings. The summed E-state index contributed by atoms with van der Waals surface area (Å²) in [7, 11) is 0. The first kappa shape index (κ1) is 21.6. The van der Waals surface area contributed by atoms with Gasteiger partial charge in [-0.3, -0.25) is 14.7 Å². The largest absolute Gasteiger partial charge is 0.338 e. The highest BCUT2D eigenvalue weighted by molar-refractivity contribution is 8.00. The average molecular weight is 424 g/mol. The number of nitrogens with one attached hydrogen (secondary N) is 2. The third-order valence-electron chi connectivity index (χ3n) is 4.43. The number of amides is 3. The minimum atomic E-state index is -0.536. The molecule has 3 amide bonds. The van der Waals surface area contributed by atoms with Gasteiger partial charge in [-0.2, -0.15) is 0 Å². The topological polar surface area (TPSA) is 88.9 Å². The van der Waals surface area contributed by atoms with Crippen LogP contribution in [0.5, 0.6) is 0 Å². The summed E-state index contributed by atoms with van der Waals surface area (Å²) in [5.74, 6) is 0.308. The van der Waals surface area contributed by atoms with Crippen molar-refractivity contribution in [3.63, 3.8) is 0 Å². The molecular formula is C22H25N5O2S. The number of benzene rings is 2. The zero-order valence-electron chi connectivity index (χ0n) is 17.5. The van der Waals surface area contributed by atoms with Crippen LogP contribution >= 0.6 is 11.8 Å². The Morgan fingerprint density at radius 3 is 2.47 bits per heavy atom. The highest BCUT2D eigenvalue weighted by Crippen LogP contribution is 2.30. The predicted molar refractivity (Wildman–Crippen MR) is 119 cm³/mol. The normalized spacial score (nSPS) is 11.7. The summed E-state index contributed by atoms with van der Waals surface area (Å²) < 4.78 is 1.94. The average Bonchev–Trinajstić information content (AvgIpc) is 3.12. The van der Waals surface area contributed by atoms with Gasteiger partial charge >= 0.3 is 6.03 Å². The Kier molecular flexibility index (Phi) is 6.89. The Labute approximate surface area is 180 Å². The zero-order chi connectivity index (χ0) is 21.7. The van der Waals surface area contributed by atoms with E-state index in [0.29, 0.717) is 17.5 Å². The van der Waals surface area contributed by atoms with Crippen molar-refractivity contribution >= 4 is 23.7 Å². The van der Waals surface area contributed by atoms with Crippen molar-refractivity contribution in [1.29, 1.82) is 0 Å². The van der Waals surface area contributed by atoms with Crippen LogP contribution in [0.4, 0.5) is 4.79 Å². The van der Waals surface area contributed by atoms with Gasteiger partial charge in [0.25, 0.3) is 0 Å². The molecule has 3 aromatic rings. The lowest BCUT2D eigenvalue weighted by Crippen LogP contribution is -2.42. The molecule has 0 saturated carbocycles. The van der Waals surface area contributed by atoms with Crippen LogP contribution in [0.1, 0.15) is 25.0 Å². The third kappa shape index (κ3) is 5.07. The van der Waals surface area contributed by atoms with Gasteiger partial charge in [0.05, 0.1) is 5.25 Å². The molecule has 1 atom stereocenters. The molecule has 0 aliphatic heterocycles. The molecule has 2 aromatic carbocycles.